The van der Waals surface area contributed by atoms with E-state index in [0.717, 1.165) is 12.2 Å². The summed E-state index contributed by atoms with van der Waals surface area (Å²) in [6.45, 7) is 3.70. The van der Waals surface area contributed by atoms with Crippen LogP contribution >= 0.6 is 0 Å². The summed E-state index contributed by atoms with van der Waals surface area (Å²) in [5.41, 5.74) is 5.37. The van der Waals surface area contributed by atoms with Crippen molar-refractivity contribution in [2.45, 2.75) is 12.5 Å². The first kappa shape index (κ1) is 11.8. The maximum atomic E-state index is 6.18. The zero-order chi connectivity index (χ0) is 13.1. The lowest BCUT2D eigenvalue weighted by molar-refractivity contribution is 0.138. The van der Waals surface area contributed by atoms with Crippen LogP contribution in [0.15, 0.2) is 73.0 Å². The van der Waals surface area contributed by atoms with Crippen molar-refractivity contribution in [3.8, 4) is 5.75 Å². The van der Waals surface area contributed by atoms with Gasteiger partial charge in [0.05, 0.1) is 0 Å². The Kier molecular flexibility index (Phi) is 3.22. The molecule has 94 valence electrons. The van der Waals surface area contributed by atoms with E-state index in [9.17, 15) is 0 Å². The summed E-state index contributed by atoms with van der Waals surface area (Å²) in [6, 6.07) is 18.6. The van der Waals surface area contributed by atoms with Gasteiger partial charge in [-0.2, -0.15) is 0 Å². The van der Waals surface area contributed by atoms with Crippen molar-refractivity contribution in [3.05, 3.63) is 84.1 Å². The molecular weight excluding hydrogens is 232 g/mol. The fraction of sp³-hybridized carbons (Fsp3) is 0.167. The second-order valence-corrected chi connectivity index (χ2v) is 4.80. The van der Waals surface area contributed by atoms with Gasteiger partial charge in [0.25, 0.3) is 0 Å². The minimum atomic E-state index is 0.0466. The molecule has 0 radical (unpaired) electrons. The number of benzene rings is 2. The largest absolute Gasteiger partial charge is 0.485 e. The van der Waals surface area contributed by atoms with Gasteiger partial charge in [0, 0.05) is 5.92 Å². The van der Waals surface area contributed by atoms with Crippen molar-refractivity contribution >= 4 is 0 Å². The van der Waals surface area contributed by atoms with E-state index >= 15 is 0 Å². The van der Waals surface area contributed by atoms with E-state index < -0.39 is 0 Å². The highest BCUT2D eigenvalue weighted by Gasteiger charge is 2.29. The molecule has 19 heavy (non-hydrogen) atoms. The van der Waals surface area contributed by atoms with E-state index in [0.29, 0.717) is 0 Å². The summed E-state index contributed by atoms with van der Waals surface area (Å²) in [4.78, 5) is 0. The van der Waals surface area contributed by atoms with Crippen LogP contribution in [0.4, 0.5) is 0 Å². The van der Waals surface area contributed by atoms with Gasteiger partial charge >= 0.3 is 0 Å². The molecule has 2 unspecified atom stereocenters. The zero-order valence-corrected chi connectivity index (χ0v) is 10.8. The molecule has 0 fully saturated rings. The van der Waals surface area contributed by atoms with Crippen molar-refractivity contribution in [2.75, 3.05) is 0 Å². The fourth-order valence-corrected chi connectivity index (χ4v) is 2.63. The molecule has 1 heteroatoms. The molecule has 2 aromatic rings. The molecule has 0 spiro atoms. The number of ether oxygens (including phenoxy) is 1. The van der Waals surface area contributed by atoms with Crippen molar-refractivity contribution in [3.63, 3.8) is 0 Å². The quantitative estimate of drug-likeness (QED) is 0.719. The molecule has 0 saturated carbocycles. The third-order valence-corrected chi connectivity index (χ3v) is 3.53. The van der Waals surface area contributed by atoms with Crippen LogP contribution < -0.4 is 4.74 Å². The maximum absolute atomic E-state index is 6.18. The minimum absolute atomic E-state index is 0.0466. The Hall–Kier alpha value is -2.24. The van der Waals surface area contributed by atoms with Gasteiger partial charge in [0.15, 0.2) is 0 Å². The van der Waals surface area contributed by atoms with Crippen LogP contribution in [0.3, 0.4) is 0 Å². The molecule has 0 aromatic heterocycles. The van der Waals surface area contributed by atoms with Crippen LogP contribution in [0.1, 0.15) is 17.2 Å². The highest BCUT2D eigenvalue weighted by molar-refractivity contribution is 5.38. The summed E-state index contributed by atoms with van der Waals surface area (Å²) in [7, 11) is 0. The predicted molar refractivity (Wildman–Crippen MR) is 77.2 cm³/mol. The molecule has 1 heterocycles. The van der Waals surface area contributed by atoms with Crippen LogP contribution in [0, 0.1) is 5.92 Å². The number of rotatable bonds is 2. The normalized spacial score (nSPS) is 20.8. The monoisotopic (exact) mass is 248 g/mol. The molecule has 0 amide bonds. The molecule has 2 aromatic carbocycles. The number of hydrogen-bond donors (Lipinski definition) is 0. The van der Waals surface area contributed by atoms with E-state index in [1.807, 2.05) is 36.4 Å². The smallest absolute Gasteiger partial charge is 0.131 e. The molecule has 0 saturated heterocycles. The fourth-order valence-electron chi connectivity index (χ4n) is 2.63. The van der Waals surface area contributed by atoms with Crippen LogP contribution in [0.5, 0.6) is 5.75 Å². The minimum Gasteiger partial charge on any atom is -0.485 e. The number of hydrogen-bond acceptors (Lipinski definition) is 1. The highest BCUT2D eigenvalue weighted by atomic mass is 16.5. The Morgan fingerprint density at radius 1 is 1.05 bits per heavy atom. The Labute approximate surface area is 113 Å². The zero-order valence-electron chi connectivity index (χ0n) is 10.8. The summed E-state index contributed by atoms with van der Waals surface area (Å²) >= 11 is 0. The summed E-state index contributed by atoms with van der Waals surface area (Å²) in [5.74, 6) is 1.28. The Balaban J connectivity index is 2.01. The SMILES string of the molecule is C=C=CC1Cc2ccccc2OC1c1ccccc1. The van der Waals surface area contributed by atoms with Crippen molar-refractivity contribution in [2.24, 2.45) is 5.92 Å². The van der Waals surface area contributed by atoms with E-state index in [1.54, 1.807) is 0 Å². The van der Waals surface area contributed by atoms with Crippen molar-refractivity contribution in [1.82, 2.24) is 0 Å². The summed E-state index contributed by atoms with van der Waals surface area (Å²) in [5, 5.41) is 0. The molecule has 3 rings (SSSR count). The van der Waals surface area contributed by atoms with Crippen molar-refractivity contribution < 1.29 is 4.74 Å². The topological polar surface area (TPSA) is 9.23 Å². The Morgan fingerprint density at radius 2 is 1.79 bits per heavy atom. The lowest BCUT2D eigenvalue weighted by Crippen LogP contribution is -2.24. The van der Waals surface area contributed by atoms with E-state index in [4.69, 9.17) is 4.74 Å². The molecule has 1 aliphatic rings. The van der Waals surface area contributed by atoms with Crippen LogP contribution in [0.25, 0.3) is 0 Å². The van der Waals surface area contributed by atoms with Gasteiger partial charge in [-0.25, -0.2) is 0 Å². The van der Waals surface area contributed by atoms with E-state index in [2.05, 4.69) is 36.6 Å². The highest BCUT2D eigenvalue weighted by Crippen LogP contribution is 2.38. The van der Waals surface area contributed by atoms with Gasteiger partial charge in [-0.05, 0) is 29.7 Å². The van der Waals surface area contributed by atoms with Gasteiger partial charge in [-0.1, -0.05) is 55.1 Å². The first-order valence-electron chi connectivity index (χ1n) is 6.54. The lowest BCUT2D eigenvalue weighted by atomic mass is 9.87. The molecule has 1 nitrogen and oxygen atoms in total. The van der Waals surface area contributed by atoms with Crippen LogP contribution in [-0.4, -0.2) is 0 Å². The Bertz CT molecular complexity index is 609. The van der Waals surface area contributed by atoms with Gasteiger partial charge < -0.3 is 4.74 Å². The number of para-hydroxylation sites is 1. The second kappa shape index (κ2) is 5.17. The van der Waals surface area contributed by atoms with Crippen LogP contribution in [-0.2, 0) is 6.42 Å². The molecule has 2 atom stereocenters. The summed E-state index contributed by atoms with van der Waals surface area (Å²) < 4.78 is 6.18. The molecule has 0 aliphatic carbocycles. The molecule has 0 bridgehead atoms. The summed E-state index contributed by atoms with van der Waals surface area (Å²) in [6.07, 6.45) is 3.04. The molecule has 0 N–H and O–H groups in total. The van der Waals surface area contributed by atoms with E-state index in [-0.39, 0.29) is 12.0 Å². The second-order valence-electron chi connectivity index (χ2n) is 4.80. The average molecular weight is 248 g/mol. The molecular formula is C18H16O. The third-order valence-electron chi connectivity index (χ3n) is 3.53. The van der Waals surface area contributed by atoms with Gasteiger partial charge in [-0.3, -0.25) is 0 Å². The lowest BCUT2D eigenvalue weighted by Gasteiger charge is -2.32. The Morgan fingerprint density at radius 3 is 2.58 bits per heavy atom. The first-order chi connectivity index (χ1) is 9.38. The average Bonchev–Trinajstić information content (AvgIpc) is 2.48. The van der Waals surface area contributed by atoms with E-state index in [1.165, 1.54) is 11.1 Å². The van der Waals surface area contributed by atoms with Gasteiger partial charge in [-0.15, -0.1) is 5.73 Å². The predicted octanol–water partition coefficient (Wildman–Crippen LogP) is 4.32. The first-order valence-corrected chi connectivity index (χ1v) is 6.54. The van der Waals surface area contributed by atoms with Crippen molar-refractivity contribution in [1.29, 1.82) is 0 Å². The standard InChI is InChI=1S/C18H16O/c1-2-8-16-13-15-11-6-7-12-17(15)19-18(16)14-9-4-3-5-10-14/h3-12,16,18H,1,13H2. The number of fused-ring (bicyclic) bond motifs is 1. The third kappa shape index (κ3) is 2.33. The molecule has 1 aliphatic heterocycles. The maximum Gasteiger partial charge on any atom is 0.131 e. The van der Waals surface area contributed by atoms with Crippen LogP contribution in [0.2, 0.25) is 0 Å². The van der Waals surface area contributed by atoms with Gasteiger partial charge in [0.2, 0.25) is 0 Å². The van der Waals surface area contributed by atoms with Gasteiger partial charge in [0.1, 0.15) is 11.9 Å².